The number of alkyl halides is 3. The van der Waals surface area contributed by atoms with Crippen molar-refractivity contribution in [2.75, 3.05) is 26.7 Å². The quantitative estimate of drug-likeness (QED) is 0.353. The average Bonchev–Trinajstić information content (AvgIpc) is 2.97. The van der Waals surface area contributed by atoms with Crippen molar-refractivity contribution in [3.63, 3.8) is 0 Å². The van der Waals surface area contributed by atoms with Gasteiger partial charge in [-0.05, 0) is 25.5 Å². The summed E-state index contributed by atoms with van der Waals surface area (Å²) in [5.41, 5.74) is -1.50. The molecule has 2 amide bonds. The first-order valence-corrected chi connectivity index (χ1v) is 14.2. The van der Waals surface area contributed by atoms with Gasteiger partial charge < -0.3 is 24.4 Å². The molecule has 3 aromatic carbocycles. The Labute approximate surface area is 248 Å². The molecule has 0 saturated carbocycles. The van der Waals surface area contributed by atoms with Crippen molar-refractivity contribution in [2.45, 2.75) is 56.6 Å². The molecule has 43 heavy (non-hydrogen) atoms. The zero-order chi connectivity index (χ0) is 30.8. The third-order valence-electron chi connectivity index (χ3n) is 8.44. The van der Waals surface area contributed by atoms with Crippen molar-refractivity contribution in [1.82, 2.24) is 10.2 Å². The standard InChI is InChI=1S/C33H35F3N2O5/c1-22-17-23(2)19-25(18-22)32(41-3,33(34,35)36)29(39)38-15-13-31(14-16-38)27(20-37-30(40)43-31)26-11-7-8-12-28(26)42-21-24-9-5-4-6-10-24/h4-12,17-19,27H,13-16,20-21H2,1-3H3,(H,37,40). The maximum atomic E-state index is 14.8. The Morgan fingerprint density at radius 1 is 1.00 bits per heavy atom. The Hall–Kier alpha value is -4.05. The molecule has 3 aromatic rings. The summed E-state index contributed by atoms with van der Waals surface area (Å²) in [6.45, 7) is 3.84. The van der Waals surface area contributed by atoms with E-state index in [-0.39, 0.29) is 44.0 Å². The molecule has 2 aliphatic rings. The smallest absolute Gasteiger partial charge is 0.430 e. The van der Waals surface area contributed by atoms with Crippen LogP contribution in [-0.4, -0.2) is 55.4 Å². The number of methoxy groups -OCH3 is 1. The number of rotatable bonds is 7. The number of piperidine rings is 1. The van der Waals surface area contributed by atoms with Gasteiger partial charge in [-0.2, -0.15) is 13.2 Å². The van der Waals surface area contributed by atoms with Gasteiger partial charge in [-0.1, -0.05) is 77.9 Å². The Morgan fingerprint density at radius 2 is 1.63 bits per heavy atom. The lowest BCUT2D eigenvalue weighted by Crippen LogP contribution is -2.62. The van der Waals surface area contributed by atoms with Crippen LogP contribution in [0.2, 0.25) is 0 Å². The first-order valence-electron chi connectivity index (χ1n) is 14.2. The number of amides is 2. The van der Waals surface area contributed by atoms with Gasteiger partial charge in [0.1, 0.15) is 18.0 Å². The van der Waals surface area contributed by atoms with E-state index < -0.39 is 29.4 Å². The van der Waals surface area contributed by atoms with Crippen LogP contribution in [0.5, 0.6) is 5.75 Å². The van der Waals surface area contributed by atoms with E-state index in [1.54, 1.807) is 19.9 Å². The second kappa shape index (κ2) is 11.9. The summed E-state index contributed by atoms with van der Waals surface area (Å²) in [4.78, 5) is 27.5. The SMILES string of the molecule is COC(C(=O)N1CCC2(CC1)OC(=O)NCC2c1ccccc1OCc1ccccc1)(c1cc(C)cc(C)c1)C(F)(F)F. The van der Waals surface area contributed by atoms with Crippen molar-refractivity contribution < 1.29 is 37.0 Å². The van der Waals surface area contributed by atoms with Crippen molar-refractivity contribution in [2.24, 2.45) is 0 Å². The largest absolute Gasteiger partial charge is 0.489 e. The molecule has 228 valence electrons. The lowest BCUT2D eigenvalue weighted by atomic mass is 9.74. The number of nitrogens with one attached hydrogen (secondary N) is 1. The highest BCUT2D eigenvalue weighted by molar-refractivity contribution is 5.88. The van der Waals surface area contributed by atoms with Crippen molar-refractivity contribution in [3.05, 3.63) is 101 Å². The highest BCUT2D eigenvalue weighted by Gasteiger charge is 2.64. The molecular formula is C33H35F3N2O5. The first kappa shape index (κ1) is 30.4. The zero-order valence-corrected chi connectivity index (χ0v) is 24.4. The molecule has 5 rings (SSSR count). The fourth-order valence-corrected chi connectivity index (χ4v) is 6.36. The molecule has 0 radical (unpaired) electrons. The molecule has 2 unspecified atom stereocenters. The number of likely N-dealkylation sites (tertiary alicyclic amines) is 1. The number of hydrogen-bond acceptors (Lipinski definition) is 5. The molecule has 0 aromatic heterocycles. The van der Waals surface area contributed by atoms with E-state index in [1.165, 1.54) is 17.0 Å². The molecule has 7 nitrogen and oxygen atoms in total. The van der Waals surface area contributed by atoms with Crippen LogP contribution in [0, 0.1) is 13.8 Å². The van der Waals surface area contributed by atoms with E-state index in [0.29, 0.717) is 23.5 Å². The van der Waals surface area contributed by atoms with Crippen molar-refractivity contribution in [3.8, 4) is 5.75 Å². The topological polar surface area (TPSA) is 77.1 Å². The summed E-state index contributed by atoms with van der Waals surface area (Å²) in [5, 5.41) is 2.76. The minimum absolute atomic E-state index is 0.0539. The maximum Gasteiger partial charge on any atom is 0.430 e. The fraction of sp³-hybridized carbons (Fsp3) is 0.394. The van der Waals surface area contributed by atoms with Gasteiger partial charge in [0.2, 0.25) is 0 Å². The van der Waals surface area contributed by atoms with Gasteiger partial charge in [0, 0.05) is 56.6 Å². The minimum Gasteiger partial charge on any atom is -0.489 e. The summed E-state index contributed by atoms with van der Waals surface area (Å²) >= 11 is 0. The number of hydrogen-bond donors (Lipinski definition) is 1. The Kier molecular flexibility index (Phi) is 8.42. The summed E-state index contributed by atoms with van der Waals surface area (Å²) in [6.07, 6.45) is -5.33. The molecule has 2 aliphatic heterocycles. The molecule has 1 N–H and O–H groups in total. The van der Waals surface area contributed by atoms with Crippen LogP contribution < -0.4 is 10.1 Å². The highest BCUT2D eigenvalue weighted by atomic mass is 19.4. The number of halogens is 3. The predicted octanol–water partition coefficient (Wildman–Crippen LogP) is 6.17. The molecule has 0 bridgehead atoms. The number of carbonyl (C=O) groups is 2. The van der Waals surface area contributed by atoms with Crippen molar-refractivity contribution >= 4 is 12.0 Å². The minimum atomic E-state index is -5.02. The summed E-state index contributed by atoms with van der Waals surface area (Å²) in [6, 6.07) is 21.6. The van der Waals surface area contributed by atoms with E-state index >= 15 is 0 Å². The monoisotopic (exact) mass is 596 g/mol. The van der Waals surface area contributed by atoms with Crippen molar-refractivity contribution in [1.29, 1.82) is 0 Å². The second-order valence-electron chi connectivity index (χ2n) is 11.3. The van der Waals surface area contributed by atoms with Crippen LogP contribution >= 0.6 is 0 Å². The van der Waals surface area contributed by atoms with Crippen LogP contribution in [0.4, 0.5) is 18.0 Å². The summed E-state index contributed by atoms with van der Waals surface area (Å²) in [5.74, 6) is -0.923. The van der Waals surface area contributed by atoms with Crippen LogP contribution in [-0.2, 0) is 26.5 Å². The van der Waals surface area contributed by atoms with E-state index in [0.717, 1.165) is 18.2 Å². The van der Waals surface area contributed by atoms with Crippen LogP contribution in [0.25, 0.3) is 0 Å². The van der Waals surface area contributed by atoms with Crippen LogP contribution in [0.15, 0.2) is 72.8 Å². The number of benzene rings is 3. The first-order chi connectivity index (χ1) is 20.5. The van der Waals surface area contributed by atoms with Gasteiger partial charge in [0.15, 0.2) is 0 Å². The number of nitrogens with zero attached hydrogens (tertiary/aromatic N) is 1. The summed E-state index contributed by atoms with van der Waals surface area (Å²) in [7, 11) is 0.908. The molecule has 2 heterocycles. The van der Waals surface area contributed by atoms with Crippen LogP contribution in [0.1, 0.15) is 46.6 Å². The normalized spacial score (nSPS) is 19.7. The number of aryl methyl sites for hydroxylation is 2. The third-order valence-corrected chi connectivity index (χ3v) is 8.44. The lowest BCUT2D eigenvalue weighted by Gasteiger charge is -2.49. The van der Waals surface area contributed by atoms with E-state index in [9.17, 15) is 22.8 Å². The van der Waals surface area contributed by atoms with E-state index in [1.807, 2.05) is 54.6 Å². The third kappa shape index (κ3) is 5.80. The summed E-state index contributed by atoms with van der Waals surface area (Å²) < 4.78 is 61.6. The number of para-hydroxylation sites is 1. The van der Waals surface area contributed by atoms with Gasteiger partial charge in [-0.15, -0.1) is 0 Å². The number of ether oxygens (including phenoxy) is 3. The highest BCUT2D eigenvalue weighted by Crippen LogP contribution is 2.48. The van der Waals surface area contributed by atoms with Gasteiger partial charge in [-0.3, -0.25) is 4.79 Å². The van der Waals surface area contributed by atoms with Gasteiger partial charge in [-0.25, -0.2) is 4.79 Å². The second-order valence-corrected chi connectivity index (χ2v) is 11.3. The Balaban J connectivity index is 1.42. The Morgan fingerprint density at radius 3 is 2.26 bits per heavy atom. The number of carbonyl (C=O) groups excluding carboxylic acids is 2. The maximum absolute atomic E-state index is 14.8. The van der Waals surface area contributed by atoms with E-state index in [2.05, 4.69) is 5.32 Å². The lowest BCUT2D eigenvalue weighted by molar-refractivity contribution is -0.271. The van der Waals surface area contributed by atoms with Crippen LogP contribution in [0.3, 0.4) is 0 Å². The van der Waals surface area contributed by atoms with Gasteiger partial charge in [0.25, 0.3) is 11.5 Å². The predicted molar refractivity (Wildman–Crippen MR) is 154 cm³/mol. The molecule has 2 fully saturated rings. The van der Waals surface area contributed by atoms with Gasteiger partial charge in [0.05, 0.1) is 0 Å². The zero-order valence-electron chi connectivity index (χ0n) is 24.4. The molecule has 2 saturated heterocycles. The fourth-order valence-electron chi connectivity index (χ4n) is 6.36. The molecule has 10 heteroatoms. The Bertz CT molecular complexity index is 1450. The number of alkyl carbamates (subject to hydrolysis) is 1. The molecule has 2 atom stereocenters. The average molecular weight is 597 g/mol. The molecule has 0 aliphatic carbocycles. The van der Waals surface area contributed by atoms with E-state index in [4.69, 9.17) is 14.2 Å². The molecular weight excluding hydrogens is 561 g/mol. The van der Waals surface area contributed by atoms with Gasteiger partial charge >= 0.3 is 12.3 Å². The molecule has 1 spiro atoms.